The molecule has 0 saturated carbocycles. The number of nitrogens with zero attached hydrogens (tertiary/aromatic N) is 1. The van der Waals surface area contributed by atoms with Crippen LogP contribution < -0.4 is 5.32 Å². The fraction of sp³-hybridized carbons (Fsp3) is 0.278. The molecular formula is C18H19BrN2O3. The van der Waals surface area contributed by atoms with E-state index in [1.54, 1.807) is 6.92 Å². The molecule has 6 heteroatoms. The van der Waals surface area contributed by atoms with Gasteiger partial charge in [0.15, 0.2) is 0 Å². The Morgan fingerprint density at radius 1 is 1.17 bits per heavy atom. The number of carbonyl (C=O) groups excluding carboxylic acids is 1. The SMILES string of the molecule is Cc1cc(C(=O)Nc2ccc(C(C)(C)C)cc2Br)ccc1[N+](=O)[O-]. The van der Waals surface area contributed by atoms with Gasteiger partial charge in [-0.3, -0.25) is 14.9 Å². The summed E-state index contributed by atoms with van der Waals surface area (Å²) in [7, 11) is 0. The van der Waals surface area contributed by atoms with Gasteiger partial charge < -0.3 is 5.32 Å². The van der Waals surface area contributed by atoms with E-state index in [1.165, 1.54) is 18.2 Å². The van der Waals surface area contributed by atoms with E-state index in [2.05, 4.69) is 42.0 Å². The third-order valence-corrected chi connectivity index (χ3v) is 4.40. The normalized spacial score (nSPS) is 11.2. The van der Waals surface area contributed by atoms with Gasteiger partial charge in [0.05, 0.1) is 10.6 Å². The van der Waals surface area contributed by atoms with Gasteiger partial charge >= 0.3 is 0 Å². The Morgan fingerprint density at radius 2 is 1.83 bits per heavy atom. The molecule has 0 bridgehead atoms. The molecule has 0 radical (unpaired) electrons. The van der Waals surface area contributed by atoms with Gasteiger partial charge in [0.2, 0.25) is 0 Å². The van der Waals surface area contributed by atoms with Crippen molar-refractivity contribution in [2.45, 2.75) is 33.1 Å². The maximum absolute atomic E-state index is 12.4. The number of carbonyl (C=O) groups is 1. The molecule has 0 unspecified atom stereocenters. The molecule has 0 aliphatic carbocycles. The molecule has 0 aliphatic heterocycles. The van der Waals surface area contributed by atoms with Crippen LogP contribution in [0.4, 0.5) is 11.4 Å². The summed E-state index contributed by atoms with van der Waals surface area (Å²) >= 11 is 3.48. The second-order valence-electron chi connectivity index (χ2n) is 6.66. The second kappa shape index (κ2) is 6.73. The molecule has 2 aromatic carbocycles. The van der Waals surface area contributed by atoms with Crippen LogP contribution in [0.15, 0.2) is 40.9 Å². The van der Waals surface area contributed by atoms with Crippen LogP contribution in [-0.2, 0) is 5.41 Å². The van der Waals surface area contributed by atoms with Crippen molar-refractivity contribution in [2.24, 2.45) is 0 Å². The van der Waals surface area contributed by atoms with E-state index < -0.39 is 4.92 Å². The maximum Gasteiger partial charge on any atom is 0.272 e. The largest absolute Gasteiger partial charge is 0.321 e. The van der Waals surface area contributed by atoms with Crippen molar-refractivity contribution in [3.63, 3.8) is 0 Å². The van der Waals surface area contributed by atoms with Gasteiger partial charge in [-0.2, -0.15) is 0 Å². The molecule has 0 fully saturated rings. The Bertz CT molecular complexity index is 810. The van der Waals surface area contributed by atoms with E-state index in [9.17, 15) is 14.9 Å². The molecule has 1 N–H and O–H groups in total. The zero-order chi connectivity index (χ0) is 18.1. The lowest BCUT2D eigenvalue weighted by atomic mass is 9.87. The summed E-state index contributed by atoms with van der Waals surface area (Å²) in [5.74, 6) is -0.308. The molecule has 0 aromatic heterocycles. The second-order valence-corrected chi connectivity index (χ2v) is 7.51. The molecule has 0 heterocycles. The van der Waals surface area contributed by atoms with Crippen molar-refractivity contribution in [1.29, 1.82) is 0 Å². The molecule has 126 valence electrons. The predicted molar refractivity (Wildman–Crippen MR) is 98.6 cm³/mol. The molecule has 0 aliphatic rings. The molecule has 0 atom stereocenters. The number of hydrogen-bond donors (Lipinski definition) is 1. The molecular weight excluding hydrogens is 372 g/mol. The number of halogens is 1. The lowest BCUT2D eigenvalue weighted by Crippen LogP contribution is -2.14. The van der Waals surface area contributed by atoms with Crippen LogP contribution in [0.3, 0.4) is 0 Å². The molecule has 2 aromatic rings. The number of rotatable bonds is 3. The summed E-state index contributed by atoms with van der Waals surface area (Å²) in [6.45, 7) is 7.97. The van der Waals surface area contributed by atoms with Gasteiger partial charge in [-0.05, 0) is 58.1 Å². The highest BCUT2D eigenvalue weighted by Crippen LogP contribution is 2.30. The monoisotopic (exact) mass is 390 g/mol. The van der Waals surface area contributed by atoms with Crippen molar-refractivity contribution >= 4 is 33.2 Å². The molecule has 5 nitrogen and oxygen atoms in total. The Kier molecular flexibility index (Phi) is 5.08. The Morgan fingerprint density at radius 3 is 2.33 bits per heavy atom. The molecule has 24 heavy (non-hydrogen) atoms. The lowest BCUT2D eigenvalue weighted by Gasteiger charge is -2.20. The van der Waals surface area contributed by atoms with Gasteiger partial charge in [-0.25, -0.2) is 0 Å². The molecule has 2 rings (SSSR count). The van der Waals surface area contributed by atoms with Crippen molar-refractivity contribution in [2.75, 3.05) is 5.32 Å². The van der Waals surface area contributed by atoms with Gasteiger partial charge in [0.1, 0.15) is 0 Å². The first-order valence-electron chi connectivity index (χ1n) is 7.46. The third kappa shape index (κ3) is 4.00. The third-order valence-electron chi connectivity index (χ3n) is 3.74. The van der Waals surface area contributed by atoms with E-state index in [4.69, 9.17) is 0 Å². The van der Waals surface area contributed by atoms with Crippen molar-refractivity contribution in [1.82, 2.24) is 0 Å². The lowest BCUT2D eigenvalue weighted by molar-refractivity contribution is -0.385. The zero-order valence-electron chi connectivity index (χ0n) is 14.0. The number of nitro benzene ring substituents is 1. The quantitative estimate of drug-likeness (QED) is 0.576. The van der Waals surface area contributed by atoms with Gasteiger partial charge in [-0.1, -0.05) is 26.8 Å². The van der Waals surface area contributed by atoms with E-state index in [0.29, 0.717) is 16.8 Å². The minimum absolute atomic E-state index is 0.00209. The van der Waals surface area contributed by atoms with Gasteiger partial charge in [0, 0.05) is 21.7 Å². The molecule has 1 amide bonds. The number of amides is 1. The van der Waals surface area contributed by atoms with E-state index >= 15 is 0 Å². The topological polar surface area (TPSA) is 72.2 Å². The van der Waals surface area contributed by atoms with Crippen LogP contribution in [0.5, 0.6) is 0 Å². The highest BCUT2D eigenvalue weighted by atomic mass is 79.9. The number of nitrogens with one attached hydrogen (secondary N) is 1. The number of anilines is 1. The first-order chi connectivity index (χ1) is 11.1. The number of benzene rings is 2. The average molecular weight is 391 g/mol. The van der Waals surface area contributed by atoms with Gasteiger partial charge in [-0.15, -0.1) is 0 Å². The molecule has 0 spiro atoms. The van der Waals surface area contributed by atoms with Crippen molar-refractivity contribution < 1.29 is 9.72 Å². The number of aryl methyl sites for hydroxylation is 1. The van der Waals surface area contributed by atoms with Crippen molar-refractivity contribution in [3.05, 3.63) is 67.7 Å². The average Bonchev–Trinajstić information content (AvgIpc) is 2.47. The van der Waals surface area contributed by atoms with Crippen LogP contribution in [-0.4, -0.2) is 10.8 Å². The smallest absolute Gasteiger partial charge is 0.272 e. The fourth-order valence-electron chi connectivity index (χ4n) is 2.28. The Balaban J connectivity index is 2.24. The number of hydrogen-bond acceptors (Lipinski definition) is 3. The van der Waals surface area contributed by atoms with Crippen molar-refractivity contribution in [3.8, 4) is 0 Å². The predicted octanol–water partition coefficient (Wildman–Crippen LogP) is 5.22. The fourth-order valence-corrected chi connectivity index (χ4v) is 2.76. The van der Waals surface area contributed by atoms with E-state index in [-0.39, 0.29) is 17.0 Å². The molecule has 0 saturated heterocycles. The van der Waals surface area contributed by atoms with Gasteiger partial charge in [0.25, 0.3) is 11.6 Å². The minimum atomic E-state index is -0.459. The van der Waals surface area contributed by atoms with E-state index in [1.807, 2.05) is 18.2 Å². The Hall–Kier alpha value is -2.21. The summed E-state index contributed by atoms with van der Waals surface area (Å²) in [6, 6.07) is 10.1. The van der Waals surface area contributed by atoms with Crippen LogP contribution in [0, 0.1) is 17.0 Å². The summed E-state index contributed by atoms with van der Waals surface area (Å²) in [4.78, 5) is 22.8. The first-order valence-corrected chi connectivity index (χ1v) is 8.25. The van der Waals surface area contributed by atoms with Crippen LogP contribution in [0.1, 0.15) is 42.3 Å². The summed E-state index contributed by atoms with van der Waals surface area (Å²) in [5.41, 5.74) is 2.66. The highest BCUT2D eigenvalue weighted by Gasteiger charge is 2.17. The van der Waals surface area contributed by atoms with Crippen LogP contribution in [0.25, 0.3) is 0 Å². The first kappa shape index (κ1) is 18.1. The van der Waals surface area contributed by atoms with Crippen LogP contribution >= 0.6 is 15.9 Å². The highest BCUT2D eigenvalue weighted by molar-refractivity contribution is 9.10. The summed E-state index contributed by atoms with van der Waals surface area (Å²) in [5, 5.41) is 13.7. The van der Waals surface area contributed by atoms with Crippen LogP contribution in [0.2, 0.25) is 0 Å². The standard InChI is InChI=1S/C18H19BrN2O3/c1-11-9-12(5-8-16(11)21(23)24)17(22)20-15-7-6-13(10-14(15)19)18(2,3)4/h5-10H,1-4H3,(H,20,22). The maximum atomic E-state index is 12.4. The zero-order valence-corrected chi connectivity index (χ0v) is 15.6. The van der Waals surface area contributed by atoms with E-state index in [0.717, 1.165) is 10.0 Å². The minimum Gasteiger partial charge on any atom is -0.321 e. The number of nitro groups is 1. The Labute approximate surface area is 149 Å². The summed E-state index contributed by atoms with van der Waals surface area (Å²) < 4.78 is 0.793. The summed E-state index contributed by atoms with van der Waals surface area (Å²) in [6.07, 6.45) is 0.